The predicted octanol–water partition coefficient (Wildman–Crippen LogP) is 2.88. The van der Waals surface area contributed by atoms with Crippen molar-refractivity contribution in [2.24, 2.45) is 0 Å². The lowest BCUT2D eigenvalue weighted by atomic mass is 10.2. The molecular weight excluding hydrogens is 460 g/mol. The Morgan fingerprint density at radius 3 is 2.47 bits per heavy atom. The van der Waals surface area contributed by atoms with Gasteiger partial charge in [-0.05, 0) is 49.7 Å². The Kier molecular flexibility index (Phi) is 8.05. The molecule has 0 saturated heterocycles. The number of hydrogen-bond acceptors (Lipinski definition) is 9. The van der Waals surface area contributed by atoms with Gasteiger partial charge in [0.2, 0.25) is 0 Å². The van der Waals surface area contributed by atoms with Crippen LogP contribution < -0.4 is 16.4 Å². The van der Waals surface area contributed by atoms with Crippen LogP contribution in [-0.4, -0.2) is 63.8 Å². The molecule has 0 aliphatic rings. The number of carbonyl (C=O) groups is 2. The molecule has 1 aromatic carbocycles. The summed E-state index contributed by atoms with van der Waals surface area (Å²) >= 11 is 0.776. The molecule has 0 spiro atoms. The van der Waals surface area contributed by atoms with E-state index in [0.717, 1.165) is 17.5 Å². The summed E-state index contributed by atoms with van der Waals surface area (Å²) in [5.74, 6) is -0.357. The standard InChI is InChI=1S/C21H24N8O4S/c1-27(2)9-10-28(21(31)26-20-24-12-18(34-20)29(32)33)13-15-8-7-14(11-23-15)19(30)25-17-6-4-3-5-16(17)22/h3-8,11-12H,9-10,13,22H2,1-2H3,(H,25,30)(H,24,26,31). The monoisotopic (exact) mass is 484 g/mol. The molecule has 2 aromatic heterocycles. The van der Waals surface area contributed by atoms with E-state index in [4.69, 9.17) is 5.73 Å². The van der Waals surface area contributed by atoms with E-state index in [-0.39, 0.29) is 22.6 Å². The van der Waals surface area contributed by atoms with Gasteiger partial charge in [-0.25, -0.2) is 9.78 Å². The molecule has 0 fully saturated rings. The van der Waals surface area contributed by atoms with Gasteiger partial charge in [0, 0.05) is 19.3 Å². The first-order valence-electron chi connectivity index (χ1n) is 10.1. The zero-order chi connectivity index (χ0) is 24.7. The number of amides is 3. The number of hydrogen-bond donors (Lipinski definition) is 3. The molecule has 34 heavy (non-hydrogen) atoms. The van der Waals surface area contributed by atoms with Gasteiger partial charge in [-0.1, -0.05) is 12.1 Å². The van der Waals surface area contributed by atoms with E-state index in [1.165, 1.54) is 11.1 Å². The van der Waals surface area contributed by atoms with Crippen LogP contribution in [0.2, 0.25) is 0 Å². The van der Waals surface area contributed by atoms with E-state index in [0.29, 0.717) is 35.7 Å². The van der Waals surface area contributed by atoms with Crippen LogP contribution in [0, 0.1) is 10.1 Å². The summed E-state index contributed by atoms with van der Waals surface area (Å²) in [6.07, 6.45) is 2.52. The normalized spacial score (nSPS) is 10.7. The Morgan fingerprint density at radius 2 is 1.85 bits per heavy atom. The third kappa shape index (κ3) is 6.70. The molecule has 0 bridgehead atoms. The smallest absolute Gasteiger partial charge is 0.345 e. The van der Waals surface area contributed by atoms with Crippen LogP contribution in [0.5, 0.6) is 0 Å². The average molecular weight is 485 g/mol. The number of urea groups is 1. The van der Waals surface area contributed by atoms with Crippen LogP contribution in [0.15, 0.2) is 48.8 Å². The van der Waals surface area contributed by atoms with Crippen molar-refractivity contribution in [2.75, 3.05) is 43.6 Å². The summed E-state index contributed by atoms with van der Waals surface area (Å²) in [5, 5.41) is 16.1. The minimum atomic E-state index is -0.565. The van der Waals surface area contributed by atoms with E-state index >= 15 is 0 Å². The Hall–Kier alpha value is -4.10. The Balaban J connectivity index is 1.67. The van der Waals surface area contributed by atoms with Gasteiger partial charge in [0.1, 0.15) is 6.20 Å². The minimum Gasteiger partial charge on any atom is -0.397 e. The fourth-order valence-corrected chi connectivity index (χ4v) is 3.43. The highest BCUT2D eigenvalue weighted by Gasteiger charge is 2.19. The first kappa shape index (κ1) is 24.5. The van der Waals surface area contributed by atoms with Crippen molar-refractivity contribution in [2.45, 2.75) is 6.54 Å². The summed E-state index contributed by atoms with van der Waals surface area (Å²) in [7, 11) is 3.76. The van der Waals surface area contributed by atoms with Gasteiger partial charge in [0.05, 0.1) is 34.1 Å². The summed E-state index contributed by atoms with van der Waals surface area (Å²) in [6, 6.07) is 9.74. The molecule has 4 N–H and O–H groups in total. The summed E-state index contributed by atoms with van der Waals surface area (Å²) in [4.78, 5) is 47.2. The third-order valence-electron chi connectivity index (χ3n) is 4.64. The third-order valence-corrected chi connectivity index (χ3v) is 5.50. The fraction of sp³-hybridized carbons (Fsp3) is 0.238. The van der Waals surface area contributed by atoms with Crippen molar-refractivity contribution < 1.29 is 14.5 Å². The highest BCUT2D eigenvalue weighted by molar-refractivity contribution is 7.18. The summed E-state index contributed by atoms with van der Waals surface area (Å²) in [5.41, 5.74) is 7.72. The van der Waals surface area contributed by atoms with Gasteiger partial charge >= 0.3 is 11.0 Å². The molecule has 0 unspecified atom stereocenters. The number of likely N-dealkylation sites (N-methyl/N-ethyl adjacent to an activating group) is 1. The average Bonchev–Trinajstić information content (AvgIpc) is 3.27. The minimum absolute atomic E-state index is 0.131. The topological polar surface area (TPSA) is 160 Å². The number of benzene rings is 1. The number of nitrogen functional groups attached to an aromatic ring is 1. The fourth-order valence-electron chi connectivity index (χ4n) is 2.80. The Labute approximate surface area is 199 Å². The number of carbonyl (C=O) groups excluding carboxylic acids is 2. The Bertz CT molecular complexity index is 1170. The number of para-hydroxylation sites is 2. The first-order chi connectivity index (χ1) is 16.2. The van der Waals surface area contributed by atoms with Crippen molar-refractivity contribution in [3.8, 4) is 0 Å². The molecule has 0 saturated carbocycles. The number of nitrogens with zero attached hydrogens (tertiary/aromatic N) is 5. The number of nitrogens with two attached hydrogens (primary N) is 1. The van der Waals surface area contributed by atoms with Crippen molar-refractivity contribution in [1.29, 1.82) is 0 Å². The highest BCUT2D eigenvalue weighted by Crippen LogP contribution is 2.25. The lowest BCUT2D eigenvalue weighted by Crippen LogP contribution is -2.39. The van der Waals surface area contributed by atoms with Gasteiger partial charge in [-0.15, -0.1) is 0 Å². The zero-order valence-electron chi connectivity index (χ0n) is 18.6. The molecule has 13 heteroatoms. The molecular formula is C21H24N8O4S. The molecule has 3 amide bonds. The van der Waals surface area contributed by atoms with Gasteiger partial charge in [0.25, 0.3) is 5.91 Å². The van der Waals surface area contributed by atoms with Crippen molar-refractivity contribution >= 4 is 44.8 Å². The lowest BCUT2D eigenvalue weighted by Gasteiger charge is -2.24. The van der Waals surface area contributed by atoms with Crippen molar-refractivity contribution in [3.63, 3.8) is 0 Å². The molecule has 3 rings (SSSR count). The molecule has 178 valence electrons. The molecule has 0 radical (unpaired) electrons. The van der Waals surface area contributed by atoms with Crippen LogP contribution in [0.1, 0.15) is 16.1 Å². The number of aromatic nitrogens is 2. The van der Waals surface area contributed by atoms with Crippen LogP contribution in [0.4, 0.5) is 26.3 Å². The van der Waals surface area contributed by atoms with E-state index < -0.39 is 11.0 Å². The second-order valence-corrected chi connectivity index (χ2v) is 8.50. The maximum absolute atomic E-state index is 12.8. The van der Waals surface area contributed by atoms with Gasteiger partial charge in [-0.3, -0.25) is 25.2 Å². The second-order valence-electron chi connectivity index (χ2n) is 7.50. The van der Waals surface area contributed by atoms with Crippen LogP contribution in [-0.2, 0) is 6.54 Å². The van der Waals surface area contributed by atoms with Gasteiger partial charge in [-0.2, -0.15) is 0 Å². The van der Waals surface area contributed by atoms with Crippen molar-refractivity contribution in [3.05, 3.63) is 70.2 Å². The van der Waals surface area contributed by atoms with Crippen LogP contribution in [0.25, 0.3) is 0 Å². The first-order valence-corrected chi connectivity index (χ1v) is 11.0. The lowest BCUT2D eigenvalue weighted by molar-refractivity contribution is -0.380. The molecule has 2 heterocycles. The maximum atomic E-state index is 12.8. The number of nitrogens with one attached hydrogen (secondary N) is 2. The molecule has 3 aromatic rings. The number of thiazole rings is 1. The quantitative estimate of drug-likeness (QED) is 0.237. The summed E-state index contributed by atoms with van der Waals surface area (Å²) < 4.78 is 0. The maximum Gasteiger partial charge on any atom is 0.345 e. The molecule has 0 aliphatic carbocycles. The van der Waals surface area contributed by atoms with E-state index in [9.17, 15) is 19.7 Å². The second kappa shape index (κ2) is 11.2. The number of rotatable bonds is 9. The Morgan fingerprint density at radius 1 is 1.09 bits per heavy atom. The van der Waals surface area contributed by atoms with Gasteiger partial charge < -0.3 is 20.9 Å². The summed E-state index contributed by atoms with van der Waals surface area (Å²) in [6.45, 7) is 1.13. The van der Waals surface area contributed by atoms with E-state index in [1.807, 2.05) is 19.0 Å². The SMILES string of the molecule is CN(C)CCN(Cc1ccc(C(=O)Nc2ccccc2N)cn1)C(=O)Nc1ncc([N+](=O)[O-])s1. The van der Waals surface area contributed by atoms with E-state index in [1.54, 1.807) is 36.4 Å². The molecule has 12 nitrogen and oxygen atoms in total. The molecule has 0 atom stereocenters. The zero-order valence-corrected chi connectivity index (χ0v) is 19.4. The van der Waals surface area contributed by atoms with Gasteiger partial charge in [0.15, 0.2) is 5.13 Å². The van der Waals surface area contributed by atoms with Crippen LogP contribution >= 0.6 is 11.3 Å². The largest absolute Gasteiger partial charge is 0.397 e. The van der Waals surface area contributed by atoms with Crippen LogP contribution in [0.3, 0.4) is 0 Å². The number of nitro groups is 1. The van der Waals surface area contributed by atoms with Crippen molar-refractivity contribution in [1.82, 2.24) is 19.8 Å². The number of anilines is 3. The highest BCUT2D eigenvalue weighted by atomic mass is 32.1. The molecule has 0 aliphatic heterocycles. The number of pyridine rings is 1. The predicted molar refractivity (Wildman–Crippen MR) is 130 cm³/mol. The van der Waals surface area contributed by atoms with E-state index in [2.05, 4.69) is 20.6 Å².